The summed E-state index contributed by atoms with van der Waals surface area (Å²) in [6.45, 7) is 1.39. The van der Waals surface area contributed by atoms with Gasteiger partial charge in [-0.15, -0.1) is 11.3 Å². The smallest absolute Gasteiger partial charge is 0.345 e. The van der Waals surface area contributed by atoms with Gasteiger partial charge < -0.3 is 9.15 Å². The summed E-state index contributed by atoms with van der Waals surface area (Å²) in [4.78, 5) is 30.5. The van der Waals surface area contributed by atoms with Crippen molar-refractivity contribution in [2.24, 2.45) is 0 Å². The van der Waals surface area contributed by atoms with Gasteiger partial charge in [-0.05, 0) is 48.5 Å². The number of ether oxygens (including phenoxy) is 1. The van der Waals surface area contributed by atoms with Gasteiger partial charge in [-0.1, -0.05) is 0 Å². The number of halogens is 1. The maximum absolute atomic E-state index is 13.2. The zero-order chi connectivity index (χ0) is 20.5. The quantitative estimate of drug-likeness (QED) is 0.454. The van der Waals surface area contributed by atoms with Crippen LogP contribution < -0.4 is 15.3 Å². The number of benzene rings is 2. The second-order valence-electron chi connectivity index (χ2n) is 6.20. The molecular formula is C21H15FN2O4S. The lowest BCUT2D eigenvalue weighted by Gasteiger charge is -2.17. The molecule has 0 saturated carbocycles. The topological polar surface area (TPSA) is 72.6 Å². The van der Waals surface area contributed by atoms with Gasteiger partial charge >= 0.3 is 5.63 Å². The third-order valence-electron chi connectivity index (χ3n) is 4.30. The van der Waals surface area contributed by atoms with Gasteiger partial charge in [0.05, 0.1) is 24.1 Å². The van der Waals surface area contributed by atoms with Crippen LogP contribution in [0.3, 0.4) is 0 Å². The van der Waals surface area contributed by atoms with Crippen LogP contribution in [-0.2, 0) is 4.79 Å². The number of thiazole rings is 1. The molecule has 0 N–H and O–H groups in total. The van der Waals surface area contributed by atoms with Crippen LogP contribution in [0.15, 0.2) is 63.1 Å². The first kappa shape index (κ1) is 18.8. The van der Waals surface area contributed by atoms with Crippen molar-refractivity contribution in [3.63, 3.8) is 0 Å². The van der Waals surface area contributed by atoms with Gasteiger partial charge in [-0.3, -0.25) is 9.69 Å². The fraction of sp³-hybridized carbons (Fsp3) is 0.0952. The van der Waals surface area contributed by atoms with E-state index in [0.29, 0.717) is 33.2 Å². The van der Waals surface area contributed by atoms with E-state index in [1.165, 1.54) is 47.4 Å². The molecule has 0 bridgehead atoms. The summed E-state index contributed by atoms with van der Waals surface area (Å²) in [6, 6.07) is 12.3. The molecule has 0 spiro atoms. The molecule has 0 unspecified atom stereocenters. The summed E-state index contributed by atoms with van der Waals surface area (Å²) < 4.78 is 23.8. The molecular weight excluding hydrogens is 395 g/mol. The number of carbonyl (C=O) groups is 1. The summed E-state index contributed by atoms with van der Waals surface area (Å²) >= 11 is 1.20. The number of aromatic nitrogens is 1. The van der Waals surface area contributed by atoms with Crippen LogP contribution >= 0.6 is 11.3 Å². The lowest BCUT2D eigenvalue weighted by atomic mass is 10.1. The minimum atomic E-state index is -0.532. The van der Waals surface area contributed by atoms with E-state index >= 15 is 0 Å². The summed E-state index contributed by atoms with van der Waals surface area (Å²) in [5.41, 5.74) is 1.05. The molecule has 0 saturated heterocycles. The predicted molar refractivity (Wildman–Crippen MR) is 109 cm³/mol. The first-order chi connectivity index (χ1) is 14.0. The number of nitrogens with zero attached hydrogens (tertiary/aromatic N) is 2. The molecule has 2 aromatic carbocycles. The number of rotatable bonds is 4. The van der Waals surface area contributed by atoms with Crippen LogP contribution in [0.2, 0.25) is 0 Å². The third kappa shape index (κ3) is 3.62. The number of fused-ring (bicyclic) bond motifs is 1. The van der Waals surface area contributed by atoms with Gasteiger partial charge in [0.25, 0.3) is 0 Å². The third-order valence-corrected chi connectivity index (χ3v) is 5.12. The van der Waals surface area contributed by atoms with Crippen molar-refractivity contribution >= 4 is 39.0 Å². The molecule has 146 valence electrons. The van der Waals surface area contributed by atoms with E-state index in [1.807, 2.05) is 0 Å². The first-order valence-electron chi connectivity index (χ1n) is 8.60. The fourth-order valence-corrected chi connectivity index (χ4v) is 3.80. The number of hydrogen-bond donors (Lipinski definition) is 0. The Balaban J connectivity index is 1.78. The van der Waals surface area contributed by atoms with Crippen LogP contribution in [0.4, 0.5) is 15.2 Å². The molecule has 29 heavy (non-hydrogen) atoms. The van der Waals surface area contributed by atoms with Gasteiger partial charge in [-0.2, -0.15) is 0 Å². The lowest BCUT2D eigenvalue weighted by molar-refractivity contribution is -0.115. The van der Waals surface area contributed by atoms with Gasteiger partial charge in [0, 0.05) is 17.7 Å². The highest BCUT2D eigenvalue weighted by atomic mass is 32.1. The zero-order valence-corrected chi connectivity index (χ0v) is 16.3. The molecule has 8 heteroatoms. The first-order valence-corrected chi connectivity index (χ1v) is 9.48. The highest BCUT2D eigenvalue weighted by molar-refractivity contribution is 7.14. The summed E-state index contributed by atoms with van der Waals surface area (Å²) in [5, 5.41) is 2.73. The zero-order valence-electron chi connectivity index (χ0n) is 15.5. The minimum absolute atomic E-state index is 0.274. The van der Waals surface area contributed by atoms with Gasteiger partial charge in [0.1, 0.15) is 17.1 Å². The van der Waals surface area contributed by atoms with Crippen molar-refractivity contribution in [1.29, 1.82) is 0 Å². The van der Waals surface area contributed by atoms with E-state index in [4.69, 9.17) is 9.15 Å². The minimum Gasteiger partial charge on any atom is -0.497 e. The van der Waals surface area contributed by atoms with E-state index in [0.717, 1.165) is 0 Å². The Bertz CT molecular complexity index is 1260. The van der Waals surface area contributed by atoms with Crippen LogP contribution in [-0.4, -0.2) is 18.0 Å². The standard InChI is InChI=1S/C21H15FN2O4S/c1-12(25)24(15-5-3-14(22)4-6-15)21-23-18(11-29-21)17-10-13-9-16(27-2)7-8-19(13)28-20(17)26/h3-11H,1-2H3. The van der Waals surface area contributed by atoms with Crippen LogP contribution in [0.1, 0.15) is 6.92 Å². The monoisotopic (exact) mass is 410 g/mol. The second kappa shape index (κ2) is 7.48. The van der Waals surface area contributed by atoms with Crippen molar-refractivity contribution in [1.82, 2.24) is 4.98 Å². The Hall–Kier alpha value is -3.52. The molecule has 0 aliphatic carbocycles. The molecule has 6 nitrogen and oxygen atoms in total. The highest BCUT2D eigenvalue weighted by Crippen LogP contribution is 2.32. The number of amides is 1. The predicted octanol–water partition coefficient (Wildman–Crippen LogP) is 4.75. The van der Waals surface area contributed by atoms with Crippen molar-refractivity contribution in [3.8, 4) is 17.0 Å². The van der Waals surface area contributed by atoms with E-state index in [2.05, 4.69) is 4.98 Å². The largest absolute Gasteiger partial charge is 0.497 e. The Morgan fingerprint density at radius 1 is 1.17 bits per heavy atom. The molecule has 1 amide bonds. The molecule has 0 aliphatic rings. The molecule has 0 fully saturated rings. The normalized spacial score (nSPS) is 10.9. The van der Waals surface area contributed by atoms with Crippen LogP contribution in [0.25, 0.3) is 22.2 Å². The van der Waals surface area contributed by atoms with Crippen LogP contribution in [0.5, 0.6) is 5.75 Å². The number of hydrogen-bond acceptors (Lipinski definition) is 6. The van der Waals surface area contributed by atoms with E-state index < -0.39 is 11.4 Å². The number of carbonyl (C=O) groups excluding carboxylic acids is 1. The van der Waals surface area contributed by atoms with Gasteiger partial charge in [0.15, 0.2) is 5.13 Å². The number of anilines is 2. The average Bonchev–Trinajstić information content (AvgIpc) is 3.17. The van der Waals surface area contributed by atoms with E-state index in [9.17, 15) is 14.0 Å². The Morgan fingerprint density at radius 2 is 1.93 bits per heavy atom. The summed E-state index contributed by atoms with van der Waals surface area (Å²) in [5.74, 6) is -0.0515. The van der Waals surface area contributed by atoms with Crippen molar-refractivity contribution < 1.29 is 18.3 Å². The highest BCUT2D eigenvalue weighted by Gasteiger charge is 2.20. The summed E-state index contributed by atoms with van der Waals surface area (Å²) in [7, 11) is 1.56. The summed E-state index contributed by atoms with van der Waals surface area (Å²) in [6.07, 6.45) is 0. The Labute approximate surface area is 168 Å². The SMILES string of the molecule is COc1ccc2oc(=O)c(-c3csc(N(C(C)=O)c4ccc(F)cc4)n3)cc2c1. The van der Waals surface area contributed by atoms with Crippen molar-refractivity contribution in [3.05, 3.63) is 70.1 Å². The average molecular weight is 410 g/mol. The van der Waals surface area contributed by atoms with Crippen LogP contribution in [0, 0.1) is 5.82 Å². The molecule has 0 aliphatic heterocycles. The molecule has 2 heterocycles. The molecule has 2 aromatic heterocycles. The Morgan fingerprint density at radius 3 is 2.62 bits per heavy atom. The molecule has 4 rings (SSSR count). The molecule has 0 atom stereocenters. The maximum atomic E-state index is 13.2. The Kier molecular flexibility index (Phi) is 4.85. The fourth-order valence-electron chi connectivity index (χ4n) is 2.91. The lowest BCUT2D eigenvalue weighted by Crippen LogP contribution is -2.22. The van der Waals surface area contributed by atoms with Crippen molar-refractivity contribution in [2.75, 3.05) is 12.0 Å². The molecule has 4 aromatic rings. The molecule has 0 radical (unpaired) electrons. The van der Waals surface area contributed by atoms with Gasteiger partial charge in [0.2, 0.25) is 5.91 Å². The maximum Gasteiger partial charge on any atom is 0.345 e. The van der Waals surface area contributed by atoms with E-state index in [1.54, 1.807) is 36.8 Å². The van der Waals surface area contributed by atoms with E-state index in [-0.39, 0.29) is 11.5 Å². The van der Waals surface area contributed by atoms with Crippen molar-refractivity contribution in [2.45, 2.75) is 6.92 Å². The number of methoxy groups -OCH3 is 1. The van der Waals surface area contributed by atoms with Gasteiger partial charge in [-0.25, -0.2) is 14.2 Å². The second-order valence-corrected chi connectivity index (χ2v) is 7.03.